The van der Waals surface area contributed by atoms with Crippen molar-refractivity contribution in [2.24, 2.45) is 5.73 Å². The zero-order valence-electron chi connectivity index (χ0n) is 11.6. The van der Waals surface area contributed by atoms with Crippen LogP contribution in [0.1, 0.15) is 25.3 Å². The van der Waals surface area contributed by atoms with Gasteiger partial charge in [0.05, 0.1) is 5.69 Å². The summed E-state index contributed by atoms with van der Waals surface area (Å²) in [6, 6.07) is 11.3. The van der Waals surface area contributed by atoms with Gasteiger partial charge in [0, 0.05) is 23.7 Å². The number of rotatable bonds is 5. The second-order valence-corrected chi connectivity index (χ2v) is 5.20. The molecule has 0 saturated heterocycles. The average molecular weight is 291 g/mol. The van der Waals surface area contributed by atoms with Gasteiger partial charge >= 0.3 is 0 Å². The molecule has 1 aromatic carbocycles. The van der Waals surface area contributed by atoms with Crippen LogP contribution in [0.15, 0.2) is 41.2 Å². The van der Waals surface area contributed by atoms with Gasteiger partial charge in [0.25, 0.3) is 5.56 Å². The maximum Gasteiger partial charge on any atom is 0.255 e. The van der Waals surface area contributed by atoms with Gasteiger partial charge in [0.15, 0.2) is 0 Å². The van der Waals surface area contributed by atoms with Crippen molar-refractivity contribution in [3.8, 4) is 11.3 Å². The Balaban J connectivity index is 2.54. The van der Waals surface area contributed by atoms with Gasteiger partial charge in [-0.3, -0.25) is 4.79 Å². The average Bonchev–Trinajstić information content (AvgIpc) is 2.47. The van der Waals surface area contributed by atoms with E-state index in [1.54, 1.807) is 0 Å². The molecule has 106 valence electrons. The summed E-state index contributed by atoms with van der Waals surface area (Å²) in [5, 5.41) is 0.690. The standard InChI is InChI=1S/C16H19ClN2O/c1-2-3-10-19-15(9-6-13(11-18)16(19)20)12-4-7-14(17)8-5-12/h4-9H,2-3,10-11,18H2,1H3. The summed E-state index contributed by atoms with van der Waals surface area (Å²) in [5.41, 5.74) is 8.19. The van der Waals surface area contributed by atoms with Gasteiger partial charge in [0.2, 0.25) is 0 Å². The first-order valence-corrected chi connectivity index (χ1v) is 7.24. The van der Waals surface area contributed by atoms with Crippen LogP contribution < -0.4 is 11.3 Å². The molecule has 0 aliphatic rings. The van der Waals surface area contributed by atoms with E-state index in [0.717, 1.165) is 24.1 Å². The largest absolute Gasteiger partial charge is 0.326 e. The highest BCUT2D eigenvalue weighted by atomic mass is 35.5. The minimum Gasteiger partial charge on any atom is -0.326 e. The maximum absolute atomic E-state index is 12.4. The molecular formula is C16H19ClN2O. The lowest BCUT2D eigenvalue weighted by Gasteiger charge is -2.14. The van der Waals surface area contributed by atoms with Crippen molar-refractivity contribution < 1.29 is 0 Å². The van der Waals surface area contributed by atoms with Crippen LogP contribution in [0.3, 0.4) is 0 Å². The Bertz CT molecular complexity index is 632. The molecule has 2 aromatic rings. The minimum atomic E-state index is 0.00778. The Morgan fingerprint density at radius 1 is 1.15 bits per heavy atom. The van der Waals surface area contributed by atoms with Crippen LogP contribution in [0.4, 0.5) is 0 Å². The van der Waals surface area contributed by atoms with Crippen molar-refractivity contribution in [2.75, 3.05) is 0 Å². The van der Waals surface area contributed by atoms with Gasteiger partial charge in [-0.05, 0) is 30.2 Å². The van der Waals surface area contributed by atoms with Gasteiger partial charge in [-0.1, -0.05) is 43.1 Å². The normalized spacial score (nSPS) is 10.8. The summed E-state index contributed by atoms with van der Waals surface area (Å²) < 4.78 is 1.81. The van der Waals surface area contributed by atoms with E-state index in [1.165, 1.54) is 0 Å². The zero-order valence-corrected chi connectivity index (χ0v) is 12.4. The minimum absolute atomic E-state index is 0.00778. The van der Waals surface area contributed by atoms with Gasteiger partial charge < -0.3 is 10.3 Å². The molecule has 1 aromatic heterocycles. The highest BCUT2D eigenvalue weighted by Gasteiger charge is 2.09. The highest BCUT2D eigenvalue weighted by Crippen LogP contribution is 2.21. The summed E-state index contributed by atoms with van der Waals surface area (Å²) in [6.07, 6.45) is 2.01. The monoisotopic (exact) mass is 290 g/mol. The zero-order chi connectivity index (χ0) is 14.5. The highest BCUT2D eigenvalue weighted by molar-refractivity contribution is 6.30. The number of nitrogens with zero attached hydrogens (tertiary/aromatic N) is 1. The molecule has 0 atom stereocenters. The molecule has 0 saturated carbocycles. The summed E-state index contributed by atoms with van der Waals surface area (Å²) in [7, 11) is 0. The number of hydrogen-bond acceptors (Lipinski definition) is 2. The molecular weight excluding hydrogens is 272 g/mol. The van der Waals surface area contributed by atoms with Gasteiger partial charge in [-0.25, -0.2) is 0 Å². The Morgan fingerprint density at radius 3 is 2.45 bits per heavy atom. The number of aromatic nitrogens is 1. The second-order valence-electron chi connectivity index (χ2n) is 4.77. The van der Waals surface area contributed by atoms with Crippen molar-refractivity contribution in [1.82, 2.24) is 4.57 Å². The molecule has 0 spiro atoms. The van der Waals surface area contributed by atoms with Gasteiger partial charge in [-0.15, -0.1) is 0 Å². The molecule has 0 unspecified atom stereocenters. The van der Waals surface area contributed by atoms with E-state index in [2.05, 4.69) is 6.92 Å². The number of benzene rings is 1. The molecule has 0 bridgehead atoms. The molecule has 0 radical (unpaired) electrons. The molecule has 0 amide bonds. The molecule has 0 aliphatic carbocycles. The molecule has 3 nitrogen and oxygen atoms in total. The van der Waals surface area contributed by atoms with Crippen molar-refractivity contribution in [3.63, 3.8) is 0 Å². The van der Waals surface area contributed by atoms with Gasteiger partial charge in [0.1, 0.15) is 0 Å². The van der Waals surface area contributed by atoms with Crippen LogP contribution in [-0.4, -0.2) is 4.57 Å². The second kappa shape index (κ2) is 6.73. The summed E-state index contributed by atoms with van der Waals surface area (Å²) in [4.78, 5) is 12.4. The van der Waals surface area contributed by atoms with Crippen molar-refractivity contribution in [2.45, 2.75) is 32.9 Å². The number of unbranched alkanes of at least 4 members (excludes halogenated alkanes) is 1. The fourth-order valence-electron chi connectivity index (χ4n) is 2.19. The van der Waals surface area contributed by atoms with E-state index in [4.69, 9.17) is 17.3 Å². The lowest BCUT2D eigenvalue weighted by Crippen LogP contribution is -2.26. The predicted octanol–water partition coefficient (Wildman–Crippen LogP) is 3.43. The smallest absolute Gasteiger partial charge is 0.255 e. The van der Waals surface area contributed by atoms with E-state index in [1.807, 2.05) is 41.0 Å². The number of halogens is 1. The third-order valence-electron chi connectivity index (χ3n) is 3.35. The molecule has 20 heavy (non-hydrogen) atoms. The predicted molar refractivity (Wildman–Crippen MR) is 83.9 cm³/mol. The lowest BCUT2D eigenvalue weighted by atomic mass is 10.1. The first-order valence-electron chi connectivity index (χ1n) is 6.86. The summed E-state index contributed by atoms with van der Waals surface area (Å²) in [5.74, 6) is 0. The maximum atomic E-state index is 12.4. The third-order valence-corrected chi connectivity index (χ3v) is 3.60. The first kappa shape index (κ1) is 14.8. The Labute approximate surface area is 124 Å². The lowest BCUT2D eigenvalue weighted by molar-refractivity contribution is 0.613. The Kier molecular flexibility index (Phi) is 4.99. The molecule has 0 fully saturated rings. The number of nitrogens with two attached hydrogens (primary N) is 1. The van der Waals surface area contributed by atoms with Gasteiger partial charge in [-0.2, -0.15) is 0 Å². The van der Waals surface area contributed by atoms with Crippen molar-refractivity contribution in [1.29, 1.82) is 0 Å². The Hall–Kier alpha value is -1.58. The molecule has 1 heterocycles. The molecule has 2 rings (SSSR count). The summed E-state index contributed by atoms with van der Waals surface area (Å²) >= 11 is 5.92. The molecule has 4 heteroatoms. The van der Waals surface area contributed by atoms with Crippen LogP contribution in [0.25, 0.3) is 11.3 Å². The summed E-state index contributed by atoms with van der Waals surface area (Å²) in [6.45, 7) is 3.09. The topological polar surface area (TPSA) is 48.0 Å². The van der Waals surface area contributed by atoms with Crippen LogP contribution >= 0.6 is 11.6 Å². The Morgan fingerprint density at radius 2 is 1.85 bits per heavy atom. The van der Waals surface area contributed by atoms with Crippen LogP contribution in [0.2, 0.25) is 5.02 Å². The first-order chi connectivity index (χ1) is 9.67. The van der Waals surface area contributed by atoms with Crippen LogP contribution in [0.5, 0.6) is 0 Å². The number of hydrogen-bond donors (Lipinski definition) is 1. The van der Waals surface area contributed by atoms with Crippen LogP contribution in [-0.2, 0) is 13.1 Å². The van der Waals surface area contributed by atoms with E-state index in [9.17, 15) is 4.79 Å². The number of pyridine rings is 1. The van der Waals surface area contributed by atoms with Crippen molar-refractivity contribution in [3.05, 3.63) is 57.3 Å². The van der Waals surface area contributed by atoms with Crippen molar-refractivity contribution >= 4 is 11.6 Å². The fraction of sp³-hybridized carbons (Fsp3) is 0.312. The van der Waals surface area contributed by atoms with Crippen LogP contribution in [0, 0.1) is 0 Å². The van der Waals surface area contributed by atoms with E-state index in [-0.39, 0.29) is 12.1 Å². The molecule has 2 N–H and O–H groups in total. The fourth-order valence-corrected chi connectivity index (χ4v) is 2.32. The quantitative estimate of drug-likeness (QED) is 0.917. The SMILES string of the molecule is CCCCn1c(-c2ccc(Cl)cc2)ccc(CN)c1=O. The van der Waals surface area contributed by atoms with E-state index >= 15 is 0 Å². The molecule has 0 aliphatic heterocycles. The van der Waals surface area contributed by atoms with E-state index in [0.29, 0.717) is 17.1 Å². The third kappa shape index (κ3) is 3.11. The van der Waals surface area contributed by atoms with E-state index < -0.39 is 0 Å².